The number of carbonyl (C=O) groups excluding carboxylic acids is 1. The number of nitrogens with one attached hydrogen (secondary N) is 1. The molecule has 3 rings (SSSR count). The van der Waals surface area contributed by atoms with E-state index in [2.05, 4.69) is 31.0 Å². The molecule has 31 heavy (non-hydrogen) atoms. The monoisotopic (exact) mass is 445 g/mol. The Hall–Kier alpha value is -2.42. The van der Waals surface area contributed by atoms with Crippen LogP contribution in [0.25, 0.3) is 0 Å². The average molecular weight is 446 g/mol. The van der Waals surface area contributed by atoms with Crippen molar-refractivity contribution in [1.82, 2.24) is 9.21 Å². The van der Waals surface area contributed by atoms with Gasteiger partial charge in [0.2, 0.25) is 10.0 Å². The molecule has 1 amide bonds. The van der Waals surface area contributed by atoms with Crippen molar-refractivity contribution in [2.24, 2.45) is 5.92 Å². The Morgan fingerprint density at radius 1 is 1.06 bits per heavy atom. The number of carbonyl (C=O) groups is 1. The van der Waals surface area contributed by atoms with Crippen LogP contribution in [0.5, 0.6) is 5.75 Å². The van der Waals surface area contributed by atoms with Gasteiger partial charge in [-0.1, -0.05) is 26.8 Å². The Bertz CT molecular complexity index is 982. The first-order chi connectivity index (χ1) is 14.8. The van der Waals surface area contributed by atoms with Crippen molar-refractivity contribution in [2.45, 2.75) is 25.7 Å². The summed E-state index contributed by atoms with van der Waals surface area (Å²) >= 11 is 0. The second-order valence-corrected chi connectivity index (χ2v) is 9.99. The van der Waals surface area contributed by atoms with E-state index in [-0.39, 0.29) is 10.8 Å². The highest BCUT2D eigenvalue weighted by Crippen LogP contribution is 2.21. The predicted molar refractivity (Wildman–Crippen MR) is 122 cm³/mol. The first-order valence-corrected chi connectivity index (χ1v) is 12.1. The van der Waals surface area contributed by atoms with E-state index in [9.17, 15) is 13.2 Å². The largest absolute Gasteiger partial charge is 0.493 e. The standard InChI is InChI=1S/C23H31N3O4S/c1-4-25-12-14-26(15-13-25)31(28,29)22-10-8-20(9-11-22)24-23(27)19-6-5-7-21(16-19)30-17-18(2)3/h5-11,16,18H,4,12-15,17H2,1-3H3,(H,24,27). The number of piperazine rings is 1. The van der Waals surface area contributed by atoms with Crippen LogP contribution in [-0.2, 0) is 10.0 Å². The van der Waals surface area contributed by atoms with Crippen molar-refractivity contribution < 1.29 is 17.9 Å². The van der Waals surface area contributed by atoms with Crippen LogP contribution < -0.4 is 10.1 Å². The number of amides is 1. The zero-order valence-electron chi connectivity index (χ0n) is 18.4. The highest BCUT2D eigenvalue weighted by molar-refractivity contribution is 7.89. The van der Waals surface area contributed by atoms with E-state index in [1.54, 1.807) is 42.5 Å². The Balaban J connectivity index is 1.64. The molecule has 0 unspecified atom stereocenters. The number of nitrogens with zero attached hydrogens (tertiary/aromatic N) is 2. The molecule has 0 saturated carbocycles. The van der Waals surface area contributed by atoms with Crippen LogP contribution in [0.15, 0.2) is 53.4 Å². The highest BCUT2D eigenvalue weighted by Gasteiger charge is 2.27. The Morgan fingerprint density at radius 2 is 1.74 bits per heavy atom. The number of sulfonamides is 1. The fourth-order valence-electron chi connectivity index (χ4n) is 3.34. The molecule has 0 aromatic heterocycles. The number of hydrogen-bond acceptors (Lipinski definition) is 5. The zero-order chi connectivity index (χ0) is 22.4. The minimum Gasteiger partial charge on any atom is -0.493 e. The molecule has 0 aliphatic carbocycles. The van der Waals surface area contributed by atoms with Gasteiger partial charge in [-0.25, -0.2) is 8.42 Å². The normalized spacial score (nSPS) is 15.7. The van der Waals surface area contributed by atoms with Crippen LogP contribution in [0.2, 0.25) is 0 Å². The topological polar surface area (TPSA) is 79.0 Å². The van der Waals surface area contributed by atoms with E-state index in [0.717, 1.165) is 19.6 Å². The quantitative estimate of drug-likeness (QED) is 0.675. The van der Waals surface area contributed by atoms with Crippen molar-refractivity contribution in [2.75, 3.05) is 44.6 Å². The van der Waals surface area contributed by atoms with Gasteiger partial charge in [-0.3, -0.25) is 4.79 Å². The second-order valence-electron chi connectivity index (χ2n) is 8.05. The molecule has 8 heteroatoms. The predicted octanol–water partition coefficient (Wildman–Crippen LogP) is 3.30. The van der Waals surface area contributed by atoms with Gasteiger partial charge in [-0.2, -0.15) is 4.31 Å². The van der Waals surface area contributed by atoms with Crippen molar-refractivity contribution in [3.8, 4) is 5.75 Å². The number of likely N-dealkylation sites (N-methyl/N-ethyl adjacent to an activating group) is 1. The smallest absolute Gasteiger partial charge is 0.255 e. The molecule has 0 spiro atoms. The summed E-state index contributed by atoms with van der Waals surface area (Å²) in [6.07, 6.45) is 0. The molecule has 1 heterocycles. The van der Waals surface area contributed by atoms with Gasteiger partial charge in [0.05, 0.1) is 11.5 Å². The molecule has 1 fully saturated rings. The molecule has 1 N–H and O–H groups in total. The summed E-state index contributed by atoms with van der Waals surface area (Å²) in [6.45, 7) is 10.2. The van der Waals surface area contributed by atoms with E-state index >= 15 is 0 Å². The third kappa shape index (κ3) is 6.06. The number of anilines is 1. The molecule has 0 radical (unpaired) electrons. The van der Waals surface area contributed by atoms with Crippen LogP contribution in [0, 0.1) is 5.92 Å². The number of benzene rings is 2. The van der Waals surface area contributed by atoms with E-state index in [4.69, 9.17) is 4.74 Å². The van der Waals surface area contributed by atoms with Crippen molar-refractivity contribution in [3.05, 3.63) is 54.1 Å². The molecule has 0 bridgehead atoms. The lowest BCUT2D eigenvalue weighted by molar-refractivity contribution is 0.102. The lowest BCUT2D eigenvalue weighted by Gasteiger charge is -2.33. The van der Waals surface area contributed by atoms with Crippen molar-refractivity contribution >= 4 is 21.6 Å². The van der Waals surface area contributed by atoms with Crippen LogP contribution in [0.1, 0.15) is 31.1 Å². The number of rotatable bonds is 8. The summed E-state index contributed by atoms with van der Waals surface area (Å²) in [5.41, 5.74) is 1.01. The van der Waals surface area contributed by atoms with E-state index in [1.807, 2.05) is 6.07 Å². The molecule has 2 aromatic carbocycles. The van der Waals surface area contributed by atoms with Gasteiger partial charge in [0, 0.05) is 37.4 Å². The SMILES string of the molecule is CCN1CCN(S(=O)(=O)c2ccc(NC(=O)c3cccc(OCC(C)C)c3)cc2)CC1. The van der Waals surface area contributed by atoms with Crippen LogP contribution in [0.4, 0.5) is 5.69 Å². The van der Waals surface area contributed by atoms with Crippen molar-refractivity contribution in [3.63, 3.8) is 0 Å². The zero-order valence-corrected chi connectivity index (χ0v) is 19.2. The molecule has 0 atom stereocenters. The molecular weight excluding hydrogens is 414 g/mol. The lowest BCUT2D eigenvalue weighted by Crippen LogP contribution is -2.48. The summed E-state index contributed by atoms with van der Waals surface area (Å²) in [6, 6.07) is 13.3. The maximum Gasteiger partial charge on any atom is 0.255 e. The van der Waals surface area contributed by atoms with Crippen LogP contribution >= 0.6 is 0 Å². The van der Waals surface area contributed by atoms with Gasteiger partial charge in [0.1, 0.15) is 5.75 Å². The van der Waals surface area contributed by atoms with Gasteiger partial charge in [-0.05, 0) is 54.9 Å². The van der Waals surface area contributed by atoms with Gasteiger partial charge in [0.15, 0.2) is 0 Å². The minimum atomic E-state index is -3.53. The number of hydrogen-bond donors (Lipinski definition) is 1. The van der Waals surface area contributed by atoms with Crippen molar-refractivity contribution in [1.29, 1.82) is 0 Å². The fourth-order valence-corrected chi connectivity index (χ4v) is 4.76. The summed E-state index contributed by atoms with van der Waals surface area (Å²) in [5.74, 6) is 0.759. The maximum atomic E-state index is 12.9. The van der Waals surface area contributed by atoms with E-state index < -0.39 is 10.0 Å². The highest BCUT2D eigenvalue weighted by atomic mass is 32.2. The van der Waals surface area contributed by atoms with E-state index in [0.29, 0.717) is 42.6 Å². The van der Waals surface area contributed by atoms with E-state index in [1.165, 1.54) is 4.31 Å². The lowest BCUT2D eigenvalue weighted by atomic mass is 10.2. The third-order valence-corrected chi connectivity index (χ3v) is 7.12. The Morgan fingerprint density at radius 3 is 2.35 bits per heavy atom. The Kier molecular flexibility index (Phi) is 7.69. The van der Waals surface area contributed by atoms with Gasteiger partial charge in [-0.15, -0.1) is 0 Å². The molecule has 1 aliphatic rings. The molecular formula is C23H31N3O4S. The first kappa shape index (κ1) is 23.2. The van der Waals surface area contributed by atoms with Gasteiger partial charge in [0.25, 0.3) is 5.91 Å². The fraction of sp³-hybridized carbons (Fsp3) is 0.435. The summed E-state index contributed by atoms with van der Waals surface area (Å²) in [7, 11) is -3.53. The molecule has 1 saturated heterocycles. The second kappa shape index (κ2) is 10.3. The average Bonchev–Trinajstić information content (AvgIpc) is 2.78. The number of ether oxygens (including phenoxy) is 1. The minimum absolute atomic E-state index is 0.236. The molecule has 1 aliphatic heterocycles. The maximum absolute atomic E-state index is 12.9. The first-order valence-electron chi connectivity index (χ1n) is 10.7. The van der Waals surface area contributed by atoms with Crippen LogP contribution in [0.3, 0.4) is 0 Å². The molecule has 7 nitrogen and oxygen atoms in total. The van der Waals surface area contributed by atoms with Gasteiger partial charge >= 0.3 is 0 Å². The molecule has 2 aromatic rings. The van der Waals surface area contributed by atoms with Crippen LogP contribution in [-0.4, -0.2) is 62.9 Å². The van der Waals surface area contributed by atoms with Gasteiger partial charge < -0.3 is 15.0 Å². The summed E-state index contributed by atoms with van der Waals surface area (Å²) in [4.78, 5) is 15.1. The third-order valence-electron chi connectivity index (χ3n) is 5.21. The summed E-state index contributed by atoms with van der Waals surface area (Å²) in [5, 5.41) is 2.81. The summed E-state index contributed by atoms with van der Waals surface area (Å²) < 4.78 is 33.0. The Labute approximate surface area is 185 Å². The molecule has 168 valence electrons.